The maximum absolute atomic E-state index is 10.7. The maximum atomic E-state index is 10.7. The lowest BCUT2D eigenvalue weighted by atomic mass is 10.4. The quantitative estimate of drug-likeness (QED) is 0.535. The Morgan fingerprint density at radius 3 is 2.92 bits per heavy atom. The molecule has 3 N–H and O–H groups in total. The third-order valence-corrected chi connectivity index (χ3v) is 1.38. The number of nitrogen functional groups attached to an aromatic ring is 1. The molecule has 6 nitrogen and oxygen atoms in total. The average molecular weight is 163 g/mol. The zero-order valence-electron chi connectivity index (χ0n) is 5.98. The molecule has 60 valence electrons. The van der Waals surface area contributed by atoms with Gasteiger partial charge in [-0.3, -0.25) is 4.98 Å². The van der Waals surface area contributed by atoms with E-state index in [0.29, 0.717) is 11.0 Å². The number of aromatic amines is 1. The largest absolute Gasteiger partial charge is 0.368 e. The van der Waals surface area contributed by atoms with E-state index in [-0.39, 0.29) is 5.95 Å². The van der Waals surface area contributed by atoms with E-state index in [1.807, 2.05) is 0 Å². The van der Waals surface area contributed by atoms with Crippen molar-refractivity contribution in [2.24, 2.45) is 0 Å². The van der Waals surface area contributed by atoms with Crippen LogP contribution in [0.5, 0.6) is 0 Å². The van der Waals surface area contributed by atoms with Gasteiger partial charge in [0.15, 0.2) is 0 Å². The van der Waals surface area contributed by atoms with E-state index >= 15 is 0 Å². The molecular weight excluding hydrogens is 158 g/mol. The number of nitrogens with one attached hydrogen (secondary N) is 1. The lowest BCUT2D eigenvalue weighted by Gasteiger charge is -1.94. The van der Waals surface area contributed by atoms with Gasteiger partial charge in [0.05, 0.1) is 5.39 Å². The topological polar surface area (TPSA) is 97.5 Å². The van der Waals surface area contributed by atoms with Crippen LogP contribution >= 0.6 is 0 Å². The Kier molecular flexibility index (Phi) is 1.26. The lowest BCUT2D eigenvalue weighted by molar-refractivity contribution is 1.08. The fraction of sp³-hybridized carbons (Fsp3) is 0. The molecule has 0 aliphatic rings. The van der Waals surface area contributed by atoms with Crippen molar-refractivity contribution in [3.8, 4) is 0 Å². The fourth-order valence-electron chi connectivity index (χ4n) is 0.861. The molecule has 0 aliphatic carbocycles. The van der Waals surface area contributed by atoms with Crippen molar-refractivity contribution in [3.63, 3.8) is 0 Å². The standard InChI is InChI=1S/C6H5N5O/c7-5-8-1-3-2-9-6(12)11-4(3)10-5/h1-2H,(H3,7,8,9,10,11,12). The number of anilines is 1. The fourth-order valence-corrected chi connectivity index (χ4v) is 0.861. The van der Waals surface area contributed by atoms with Crippen LogP contribution in [0.4, 0.5) is 5.95 Å². The van der Waals surface area contributed by atoms with Crippen molar-refractivity contribution in [2.45, 2.75) is 0 Å². The van der Waals surface area contributed by atoms with Crippen molar-refractivity contribution < 1.29 is 0 Å². The number of nitrogens with zero attached hydrogens (tertiary/aromatic N) is 3. The molecule has 6 heteroatoms. The average Bonchev–Trinajstić information content (AvgIpc) is 2.03. The highest BCUT2D eigenvalue weighted by atomic mass is 16.1. The van der Waals surface area contributed by atoms with Crippen LogP contribution in [0.25, 0.3) is 11.0 Å². The number of hydrogen-bond donors (Lipinski definition) is 2. The van der Waals surface area contributed by atoms with E-state index in [1.165, 1.54) is 12.4 Å². The van der Waals surface area contributed by atoms with Crippen molar-refractivity contribution in [3.05, 3.63) is 22.9 Å². The highest BCUT2D eigenvalue weighted by molar-refractivity contribution is 5.72. The molecule has 0 atom stereocenters. The predicted molar refractivity (Wildman–Crippen MR) is 42.4 cm³/mol. The second kappa shape index (κ2) is 2.26. The van der Waals surface area contributed by atoms with Crippen LogP contribution in [0, 0.1) is 0 Å². The summed E-state index contributed by atoms with van der Waals surface area (Å²) in [5, 5.41) is 0.656. The molecule has 0 amide bonds. The summed E-state index contributed by atoms with van der Waals surface area (Å²) in [5.74, 6) is 0.129. The van der Waals surface area contributed by atoms with Gasteiger partial charge >= 0.3 is 5.69 Å². The molecule has 0 unspecified atom stereocenters. The number of fused-ring (bicyclic) bond motifs is 1. The third kappa shape index (κ3) is 0.986. The SMILES string of the molecule is Nc1ncc2cnc(=O)[nH]c2n1. The number of hydrogen-bond acceptors (Lipinski definition) is 5. The number of nitrogens with two attached hydrogens (primary N) is 1. The first kappa shape index (κ1) is 6.71. The normalized spacial score (nSPS) is 10.3. The Morgan fingerprint density at radius 1 is 1.33 bits per heavy atom. The molecule has 0 bridgehead atoms. The minimum Gasteiger partial charge on any atom is -0.368 e. The van der Waals surface area contributed by atoms with Crippen LogP contribution in [0.1, 0.15) is 0 Å². The summed E-state index contributed by atoms with van der Waals surface area (Å²) < 4.78 is 0. The molecule has 2 rings (SSSR count). The molecule has 2 aromatic heterocycles. The third-order valence-electron chi connectivity index (χ3n) is 1.38. The molecular formula is C6H5N5O. The summed E-state index contributed by atoms with van der Waals surface area (Å²) >= 11 is 0. The molecule has 0 aromatic carbocycles. The van der Waals surface area contributed by atoms with Crippen LogP contribution in [0.3, 0.4) is 0 Å². The van der Waals surface area contributed by atoms with Gasteiger partial charge < -0.3 is 5.73 Å². The first-order chi connectivity index (χ1) is 5.75. The van der Waals surface area contributed by atoms with Gasteiger partial charge in [-0.1, -0.05) is 0 Å². The molecule has 2 heterocycles. The molecule has 2 aromatic rings. The van der Waals surface area contributed by atoms with E-state index in [2.05, 4.69) is 19.9 Å². The van der Waals surface area contributed by atoms with Gasteiger partial charge in [-0.2, -0.15) is 4.98 Å². The van der Waals surface area contributed by atoms with Gasteiger partial charge in [-0.25, -0.2) is 14.8 Å². The number of rotatable bonds is 0. The second-order valence-corrected chi connectivity index (χ2v) is 2.22. The van der Waals surface area contributed by atoms with Crippen LogP contribution in [-0.2, 0) is 0 Å². The monoisotopic (exact) mass is 163 g/mol. The van der Waals surface area contributed by atoms with Crippen LogP contribution in [0.15, 0.2) is 17.2 Å². The molecule has 0 spiro atoms. The Morgan fingerprint density at radius 2 is 2.08 bits per heavy atom. The summed E-state index contributed by atoms with van der Waals surface area (Å²) in [5.41, 5.74) is 5.27. The molecule has 0 aliphatic heterocycles. The highest BCUT2D eigenvalue weighted by Crippen LogP contribution is 2.03. The number of aromatic nitrogens is 4. The molecule has 0 fully saturated rings. The Hall–Kier alpha value is -1.98. The Labute approximate surface area is 66.5 Å². The van der Waals surface area contributed by atoms with Crippen LogP contribution < -0.4 is 11.4 Å². The highest BCUT2D eigenvalue weighted by Gasteiger charge is 1.96. The van der Waals surface area contributed by atoms with Gasteiger partial charge in [-0.05, 0) is 0 Å². The summed E-state index contributed by atoms with van der Waals surface area (Å²) in [4.78, 5) is 24.2. The van der Waals surface area contributed by atoms with Gasteiger partial charge in [-0.15, -0.1) is 0 Å². The van der Waals surface area contributed by atoms with Gasteiger partial charge in [0.2, 0.25) is 5.95 Å². The first-order valence-corrected chi connectivity index (χ1v) is 3.23. The first-order valence-electron chi connectivity index (χ1n) is 3.23. The van der Waals surface area contributed by atoms with E-state index in [0.717, 1.165) is 0 Å². The predicted octanol–water partition coefficient (Wildman–Crippen LogP) is -0.705. The van der Waals surface area contributed by atoms with Gasteiger partial charge in [0.25, 0.3) is 0 Å². The minimum absolute atomic E-state index is 0.129. The van der Waals surface area contributed by atoms with Crippen LogP contribution in [-0.4, -0.2) is 19.9 Å². The molecule has 0 radical (unpaired) electrons. The Balaban J connectivity index is 2.89. The summed E-state index contributed by atoms with van der Waals surface area (Å²) in [6.45, 7) is 0. The van der Waals surface area contributed by atoms with E-state index < -0.39 is 5.69 Å². The van der Waals surface area contributed by atoms with Gasteiger partial charge in [0.1, 0.15) is 5.65 Å². The molecule has 12 heavy (non-hydrogen) atoms. The van der Waals surface area contributed by atoms with Crippen molar-refractivity contribution in [1.82, 2.24) is 19.9 Å². The minimum atomic E-state index is -0.444. The van der Waals surface area contributed by atoms with Crippen molar-refractivity contribution >= 4 is 17.0 Å². The van der Waals surface area contributed by atoms with E-state index in [1.54, 1.807) is 0 Å². The van der Waals surface area contributed by atoms with Crippen LogP contribution in [0.2, 0.25) is 0 Å². The van der Waals surface area contributed by atoms with E-state index in [4.69, 9.17) is 5.73 Å². The zero-order valence-corrected chi connectivity index (χ0v) is 5.98. The van der Waals surface area contributed by atoms with E-state index in [9.17, 15) is 4.79 Å². The van der Waals surface area contributed by atoms with Crippen molar-refractivity contribution in [1.29, 1.82) is 0 Å². The molecule has 0 saturated carbocycles. The summed E-state index contributed by atoms with van der Waals surface area (Å²) in [6, 6.07) is 0. The van der Waals surface area contributed by atoms with Crippen molar-refractivity contribution in [2.75, 3.05) is 5.73 Å². The zero-order chi connectivity index (χ0) is 8.55. The number of H-pyrrole nitrogens is 1. The Bertz CT molecular complexity index is 477. The second-order valence-electron chi connectivity index (χ2n) is 2.22. The summed E-state index contributed by atoms with van der Waals surface area (Å²) in [7, 11) is 0. The lowest BCUT2D eigenvalue weighted by Crippen LogP contribution is -2.10. The summed E-state index contributed by atoms with van der Waals surface area (Å²) in [6.07, 6.45) is 2.90. The molecule has 0 saturated heterocycles. The maximum Gasteiger partial charge on any atom is 0.346 e. The van der Waals surface area contributed by atoms with Gasteiger partial charge in [0, 0.05) is 12.4 Å². The smallest absolute Gasteiger partial charge is 0.346 e.